The summed E-state index contributed by atoms with van der Waals surface area (Å²) in [5.41, 5.74) is 0. The van der Waals surface area contributed by atoms with Gasteiger partial charge in [0, 0.05) is 0 Å². The first kappa shape index (κ1) is 6.96. The standard InChI is InChI=1S/C3H5.CH3.HI.Ni/c1-3-2;;;/h3H,1-2H2;1H3;1H;/q;;;+1/p-1. The summed E-state index contributed by atoms with van der Waals surface area (Å²) in [4.78, 5) is 0. The van der Waals surface area contributed by atoms with Crippen LogP contribution in [0, 0.1) is 0 Å². The molecule has 0 spiro atoms. The van der Waals surface area contributed by atoms with Gasteiger partial charge in [0.15, 0.2) is 0 Å². The fourth-order valence-corrected chi connectivity index (χ4v) is 1.33. The monoisotopic (exact) mass is 241 g/mol. The Bertz CT molecular complexity index is 42.8. The molecule has 0 amide bonds. The van der Waals surface area contributed by atoms with Gasteiger partial charge in [-0.1, -0.05) is 0 Å². The summed E-state index contributed by atoms with van der Waals surface area (Å²) in [7, 11) is 0.429. The summed E-state index contributed by atoms with van der Waals surface area (Å²) in [6.45, 7) is 3.61. The quantitative estimate of drug-likeness (QED) is 0.396. The van der Waals surface area contributed by atoms with Crippen molar-refractivity contribution in [3.8, 4) is 0 Å². The molecule has 0 aromatic heterocycles. The van der Waals surface area contributed by atoms with E-state index in [1.54, 1.807) is 0 Å². The molecule has 0 N–H and O–H groups in total. The summed E-state index contributed by atoms with van der Waals surface area (Å²) in [6.07, 6.45) is 1.96. The van der Waals surface area contributed by atoms with Gasteiger partial charge in [-0.15, -0.1) is 0 Å². The van der Waals surface area contributed by atoms with E-state index >= 15 is 0 Å². The zero-order valence-electron chi connectivity index (χ0n) is 3.69. The van der Waals surface area contributed by atoms with Gasteiger partial charge in [0.2, 0.25) is 0 Å². The van der Waals surface area contributed by atoms with Gasteiger partial charge in [-0.25, -0.2) is 0 Å². The van der Waals surface area contributed by atoms with Crippen LogP contribution < -0.4 is 0 Å². The molecule has 0 heterocycles. The first-order chi connectivity index (χ1) is 2.77. The number of hydrogen-bond donors (Lipinski definition) is 0. The average molecular weight is 242 g/mol. The number of halogens is 1. The Morgan fingerprint density at radius 3 is 2.50 bits per heavy atom. The van der Waals surface area contributed by atoms with Crippen LogP contribution in [0.3, 0.4) is 0 Å². The Morgan fingerprint density at radius 2 is 2.50 bits per heavy atom. The third kappa shape index (κ3) is 4.96. The van der Waals surface area contributed by atoms with Gasteiger partial charge in [0.25, 0.3) is 0 Å². The van der Waals surface area contributed by atoms with E-state index in [0.29, 0.717) is 10.2 Å². The van der Waals surface area contributed by atoms with Crippen LogP contribution >= 0.6 is 20.5 Å². The van der Waals surface area contributed by atoms with E-state index in [2.05, 4.69) is 33.0 Å². The number of hydrogen-bond acceptors (Lipinski definition) is 0. The van der Waals surface area contributed by atoms with Gasteiger partial charge >= 0.3 is 54.7 Å². The van der Waals surface area contributed by atoms with E-state index in [1.165, 1.54) is 5.39 Å². The Kier molecular flexibility index (Phi) is 4.79. The summed E-state index contributed by atoms with van der Waals surface area (Å²) < 4.78 is 0. The van der Waals surface area contributed by atoms with Crippen LogP contribution in [-0.4, -0.2) is 0 Å². The molecule has 0 saturated carbocycles. The van der Waals surface area contributed by atoms with Crippen LogP contribution in [0.25, 0.3) is 0 Å². The molecule has 0 aromatic carbocycles. The third-order valence-corrected chi connectivity index (χ3v) is 2.26. The van der Waals surface area contributed by atoms with Crippen LogP contribution in [-0.2, 0) is 10.2 Å². The van der Waals surface area contributed by atoms with E-state index < -0.39 is 0 Å². The van der Waals surface area contributed by atoms with E-state index in [9.17, 15) is 0 Å². The number of allylic oxidation sites excluding steroid dienone is 1. The van der Waals surface area contributed by atoms with Gasteiger partial charge < -0.3 is 0 Å². The number of rotatable bonds is 2. The Hall–Kier alpha value is 0.964. The summed E-state index contributed by atoms with van der Waals surface area (Å²) in [6, 6.07) is 0. The molecule has 0 rings (SSSR count). The molecule has 0 nitrogen and oxygen atoms in total. The van der Waals surface area contributed by atoms with Crippen molar-refractivity contribution >= 4 is 20.5 Å². The minimum atomic E-state index is 0.429. The third-order valence-electron chi connectivity index (χ3n) is 0.269. The summed E-state index contributed by atoms with van der Waals surface area (Å²) in [5.74, 6) is 2.21. The fourth-order valence-electron chi connectivity index (χ4n) is 0.126. The van der Waals surface area contributed by atoms with Crippen molar-refractivity contribution in [2.24, 2.45) is 0 Å². The molecular weight excluding hydrogens is 234 g/mol. The van der Waals surface area contributed by atoms with Crippen molar-refractivity contribution in [1.29, 1.82) is 0 Å². The molecule has 41 valence electrons. The van der Waals surface area contributed by atoms with E-state index in [0.717, 1.165) is 0 Å². The fraction of sp³-hybridized carbons (Fsp3) is 0.500. The molecule has 0 unspecified atom stereocenters. The van der Waals surface area contributed by atoms with Gasteiger partial charge in [0.05, 0.1) is 0 Å². The Balaban J connectivity index is 2.81. The molecule has 0 aliphatic heterocycles. The SMILES string of the molecule is C=C[CH2][Ni]([CH3])[I]. The van der Waals surface area contributed by atoms with Crippen molar-refractivity contribution in [2.45, 2.75) is 11.3 Å². The molecule has 0 radical (unpaired) electrons. The second-order valence-electron chi connectivity index (χ2n) is 0.845. The van der Waals surface area contributed by atoms with Crippen LogP contribution in [0.15, 0.2) is 12.7 Å². The van der Waals surface area contributed by atoms with E-state index in [-0.39, 0.29) is 0 Å². The van der Waals surface area contributed by atoms with Crippen molar-refractivity contribution in [2.75, 3.05) is 0 Å². The average Bonchev–Trinajstić information content (AvgIpc) is 1.35. The van der Waals surface area contributed by atoms with Gasteiger partial charge in [-0.05, 0) is 0 Å². The summed E-state index contributed by atoms with van der Waals surface area (Å²) in [5, 5.41) is 1.17. The molecule has 0 aromatic rings. The maximum absolute atomic E-state index is 3.61. The van der Waals surface area contributed by atoms with Crippen LogP contribution in [0.5, 0.6) is 0 Å². The zero-order valence-corrected chi connectivity index (χ0v) is 6.83. The topological polar surface area (TPSA) is 0 Å². The van der Waals surface area contributed by atoms with Crippen LogP contribution in [0.1, 0.15) is 0 Å². The first-order valence-electron chi connectivity index (χ1n) is 1.48. The molecule has 6 heavy (non-hydrogen) atoms. The van der Waals surface area contributed by atoms with Gasteiger partial charge in [0.1, 0.15) is 0 Å². The van der Waals surface area contributed by atoms with Crippen molar-refractivity contribution in [3.05, 3.63) is 12.7 Å². The molecule has 0 bridgehead atoms. The molecule has 0 saturated heterocycles. The summed E-state index contributed by atoms with van der Waals surface area (Å²) >= 11 is 2.41. The normalized spacial score (nSPS) is 10.7. The minimum absolute atomic E-state index is 0.429. The Morgan fingerprint density at radius 1 is 2.00 bits per heavy atom. The molecule has 2 heteroatoms. The molecule has 0 atom stereocenters. The maximum atomic E-state index is 3.61. The van der Waals surface area contributed by atoms with E-state index in [4.69, 9.17) is 0 Å². The molecule has 0 aliphatic carbocycles. The molecule has 0 fully saturated rings. The van der Waals surface area contributed by atoms with Crippen LogP contribution in [0.4, 0.5) is 0 Å². The van der Waals surface area contributed by atoms with Crippen LogP contribution in [0.2, 0.25) is 11.3 Å². The second-order valence-corrected chi connectivity index (χ2v) is 7.39. The zero-order chi connectivity index (χ0) is 4.99. The first-order valence-corrected chi connectivity index (χ1v) is 6.35. The van der Waals surface area contributed by atoms with Gasteiger partial charge in [-0.3, -0.25) is 0 Å². The van der Waals surface area contributed by atoms with Crippen molar-refractivity contribution in [3.63, 3.8) is 0 Å². The van der Waals surface area contributed by atoms with Gasteiger partial charge in [-0.2, -0.15) is 0 Å². The molecular formula is C4H8INi. The molecule has 0 aliphatic rings. The predicted molar refractivity (Wildman–Crippen MR) is 34.9 cm³/mol. The van der Waals surface area contributed by atoms with Crippen molar-refractivity contribution < 1.29 is 10.2 Å². The van der Waals surface area contributed by atoms with E-state index in [1.807, 2.05) is 6.08 Å². The predicted octanol–water partition coefficient (Wildman–Crippen LogP) is 2.61. The second kappa shape index (κ2) is 4.13. The Labute approximate surface area is 54.5 Å². The van der Waals surface area contributed by atoms with Crippen molar-refractivity contribution in [1.82, 2.24) is 0 Å².